The number of fused-ring (bicyclic) bond motifs is 3. The van der Waals surface area contributed by atoms with Crippen LogP contribution in [0.5, 0.6) is 0 Å². The second-order valence-electron chi connectivity index (χ2n) is 7.74. The Hall–Kier alpha value is -1.97. The summed E-state index contributed by atoms with van der Waals surface area (Å²) in [5.41, 5.74) is 5.98. The van der Waals surface area contributed by atoms with Gasteiger partial charge < -0.3 is 10.3 Å². The number of pyridine rings is 1. The highest BCUT2D eigenvalue weighted by Gasteiger charge is 2.42. The Labute approximate surface area is 154 Å². The first-order chi connectivity index (χ1) is 12.6. The molecule has 0 aromatic carbocycles. The molecule has 1 spiro atoms. The van der Waals surface area contributed by atoms with Crippen LogP contribution in [0.3, 0.4) is 0 Å². The molecule has 0 radical (unpaired) electrons. The first kappa shape index (κ1) is 16.2. The van der Waals surface area contributed by atoms with Crippen LogP contribution in [0, 0.1) is 0 Å². The third-order valence-corrected chi connectivity index (χ3v) is 6.53. The number of nitrogens with zero attached hydrogens (tertiary/aromatic N) is 3. The smallest absolute Gasteiger partial charge is 0.137 e. The van der Waals surface area contributed by atoms with Crippen LogP contribution in [0.25, 0.3) is 28.4 Å². The van der Waals surface area contributed by atoms with Crippen LogP contribution >= 0.6 is 7.92 Å². The van der Waals surface area contributed by atoms with E-state index in [9.17, 15) is 0 Å². The summed E-state index contributed by atoms with van der Waals surface area (Å²) in [4.78, 5) is 7.91. The van der Waals surface area contributed by atoms with Gasteiger partial charge in [-0.05, 0) is 44.8 Å². The third kappa shape index (κ3) is 2.53. The fourth-order valence-corrected chi connectivity index (χ4v) is 4.77. The first-order valence-corrected chi connectivity index (χ1v) is 11.6. The average Bonchev–Trinajstić information content (AvgIpc) is 3.39. The second kappa shape index (κ2) is 6.04. The maximum absolute atomic E-state index is 4.90. The van der Waals surface area contributed by atoms with Crippen LogP contribution in [0.1, 0.15) is 24.1 Å². The molecule has 0 saturated carbocycles. The number of hydrogen-bond acceptors (Lipinski definition) is 3. The summed E-state index contributed by atoms with van der Waals surface area (Å²) in [6.45, 7) is 7.74. The molecular formula is C20H24N5P. The molecule has 2 aliphatic heterocycles. The first-order valence-electron chi connectivity index (χ1n) is 9.26. The maximum atomic E-state index is 4.90. The zero-order valence-electron chi connectivity index (χ0n) is 15.3. The molecule has 3 aromatic rings. The van der Waals surface area contributed by atoms with Gasteiger partial charge in [0, 0.05) is 53.1 Å². The summed E-state index contributed by atoms with van der Waals surface area (Å²) in [7, 11) is -0.0531. The predicted octanol–water partition coefficient (Wildman–Crippen LogP) is 3.77. The fraction of sp³-hybridized carbons (Fsp3) is 0.400. The van der Waals surface area contributed by atoms with Crippen molar-refractivity contribution in [3.63, 3.8) is 0 Å². The number of hydrogen-bond donors (Lipinski definition) is 2. The van der Waals surface area contributed by atoms with Gasteiger partial charge in [-0.15, -0.1) is 0 Å². The highest BCUT2D eigenvalue weighted by atomic mass is 31.1. The van der Waals surface area contributed by atoms with E-state index in [2.05, 4.69) is 57.3 Å². The summed E-state index contributed by atoms with van der Waals surface area (Å²) in [6, 6.07) is 4.52. The summed E-state index contributed by atoms with van der Waals surface area (Å²) in [5.74, 6) is 2.28. The lowest BCUT2D eigenvalue weighted by Crippen LogP contribution is -2.25. The summed E-state index contributed by atoms with van der Waals surface area (Å²) in [6.07, 6.45) is 8.63. The Kier molecular flexibility index (Phi) is 3.77. The zero-order valence-corrected chi connectivity index (χ0v) is 16.2. The van der Waals surface area contributed by atoms with E-state index in [1.54, 1.807) is 0 Å². The Bertz CT molecular complexity index is 991. The van der Waals surface area contributed by atoms with Crippen molar-refractivity contribution in [1.82, 2.24) is 25.1 Å². The molecule has 1 saturated heterocycles. The van der Waals surface area contributed by atoms with Crippen LogP contribution < -0.4 is 5.32 Å². The Morgan fingerprint density at radius 3 is 3.00 bits per heavy atom. The van der Waals surface area contributed by atoms with Crippen LogP contribution in [-0.2, 0) is 12.0 Å². The molecule has 1 atom stereocenters. The quantitative estimate of drug-likeness (QED) is 0.695. The minimum absolute atomic E-state index is 0.0531. The maximum Gasteiger partial charge on any atom is 0.137 e. The van der Waals surface area contributed by atoms with Crippen LogP contribution in [0.4, 0.5) is 0 Å². The Morgan fingerprint density at radius 2 is 2.19 bits per heavy atom. The normalized spacial score (nSPS) is 22.4. The van der Waals surface area contributed by atoms with Gasteiger partial charge in [-0.3, -0.25) is 4.68 Å². The van der Waals surface area contributed by atoms with Gasteiger partial charge in [0.2, 0.25) is 0 Å². The van der Waals surface area contributed by atoms with Gasteiger partial charge in [0.25, 0.3) is 0 Å². The predicted molar refractivity (Wildman–Crippen MR) is 109 cm³/mol. The number of aromatic amines is 1. The van der Waals surface area contributed by atoms with Crippen LogP contribution in [-0.4, -0.2) is 46.2 Å². The van der Waals surface area contributed by atoms with Crippen LogP contribution in [0.2, 0.25) is 0 Å². The van der Waals surface area contributed by atoms with E-state index in [1.165, 1.54) is 29.5 Å². The number of H-pyrrole nitrogens is 1. The summed E-state index contributed by atoms with van der Waals surface area (Å²) >= 11 is 0. The van der Waals surface area contributed by atoms with Crippen molar-refractivity contribution >= 4 is 25.0 Å². The molecule has 5 rings (SSSR count). The number of aromatic nitrogens is 4. The van der Waals surface area contributed by atoms with Crippen molar-refractivity contribution < 1.29 is 0 Å². The lowest BCUT2D eigenvalue weighted by molar-refractivity contribution is 0.467. The zero-order chi connectivity index (χ0) is 17.7. The standard InChI is InChI=1S/C20H24N5P/c1-26(2)8-3-14-11-22-19-16(14)9-15(12-23-19)17-10-18-20(4-6-21-13-20)5-7-25(18)24-17/h3,8-12,21H,4-7,13H2,1-2H3,(H,22,23)/b8-3+. The van der Waals surface area contributed by atoms with Crippen molar-refractivity contribution in [2.45, 2.75) is 24.8 Å². The molecule has 2 N–H and O–H groups in total. The van der Waals surface area contributed by atoms with Crippen molar-refractivity contribution in [1.29, 1.82) is 0 Å². The molecule has 6 heteroatoms. The van der Waals surface area contributed by atoms with Crippen LogP contribution in [0.15, 0.2) is 30.3 Å². The molecule has 1 fully saturated rings. The second-order valence-corrected chi connectivity index (χ2v) is 9.96. The van der Waals surface area contributed by atoms with E-state index in [0.29, 0.717) is 5.41 Å². The molecule has 0 amide bonds. The molecular weight excluding hydrogens is 341 g/mol. The van der Waals surface area contributed by atoms with Gasteiger partial charge >= 0.3 is 0 Å². The highest BCUT2D eigenvalue weighted by molar-refractivity contribution is 7.59. The van der Waals surface area contributed by atoms with Gasteiger partial charge in [0.05, 0.1) is 5.69 Å². The van der Waals surface area contributed by atoms with Gasteiger partial charge in [-0.2, -0.15) is 5.10 Å². The molecule has 5 nitrogen and oxygen atoms in total. The number of rotatable bonds is 3. The summed E-state index contributed by atoms with van der Waals surface area (Å²) in [5, 5.41) is 9.60. The van der Waals surface area contributed by atoms with Gasteiger partial charge in [-0.25, -0.2) is 4.98 Å². The van der Waals surface area contributed by atoms with Gasteiger partial charge in [-0.1, -0.05) is 19.8 Å². The third-order valence-electron chi connectivity index (χ3n) is 5.78. The number of nitrogens with one attached hydrogen (secondary N) is 2. The minimum atomic E-state index is -0.0531. The van der Waals surface area contributed by atoms with Crippen molar-refractivity contribution in [2.75, 3.05) is 26.4 Å². The molecule has 134 valence electrons. The largest absolute Gasteiger partial charge is 0.346 e. The van der Waals surface area contributed by atoms with Gasteiger partial charge in [0.15, 0.2) is 0 Å². The fourth-order valence-electron chi connectivity index (χ4n) is 4.31. The van der Waals surface area contributed by atoms with Crippen molar-refractivity contribution in [3.8, 4) is 11.3 Å². The SMILES string of the molecule is CP(C)/C=C/c1c[nH]c2ncc(-c3cc4n(n3)CCC43CCNC3)cc12. The van der Waals surface area contributed by atoms with E-state index < -0.39 is 0 Å². The van der Waals surface area contributed by atoms with E-state index in [0.717, 1.165) is 36.5 Å². The molecule has 2 aliphatic rings. The monoisotopic (exact) mass is 365 g/mol. The number of aryl methyl sites for hydroxylation is 1. The molecule has 0 aliphatic carbocycles. The van der Waals surface area contributed by atoms with E-state index in [-0.39, 0.29) is 7.92 Å². The molecule has 0 bridgehead atoms. The average molecular weight is 365 g/mol. The van der Waals surface area contributed by atoms with E-state index in [4.69, 9.17) is 5.10 Å². The summed E-state index contributed by atoms with van der Waals surface area (Å²) < 4.78 is 2.21. The van der Waals surface area contributed by atoms with Crippen molar-refractivity contribution in [3.05, 3.63) is 41.6 Å². The molecule has 1 unspecified atom stereocenters. The minimum Gasteiger partial charge on any atom is -0.346 e. The molecule has 5 heterocycles. The Balaban J connectivity index is 1.55. The lowest BCUT2D eigenvalue weighted by Gasteiger charge is -2.20. The van der Waals surface area contributed by atoms with Gasteiger partial charge in [0.1, 0.15) is 5.65 Å². The molecule has 26 heavy (non-hydrogen) atoms. The topological polar surface area (TPSA) is 58.5 Å². The molecule has 3 aromatic heterocycles. The van der Waals surface area contributed by atoms with Crippen molar-refractivity contribution in [2.24, 2.45) is 0 Å². The van der Waals surface area contributed by atoms with E-state index in [1.807, 2.05) is 12.4 Å². The highest BCUT2D eigenvalue weighted by Crippen LogP contribution is 2.41. The Morgan fingerprint density at radius 1 is 1.27 bits per heavy atom. The van der Waals surface area contributed by atoms with E-state index >= 15 is 0 Å². The lowest BCUT2D eigenvalue weighted by atomic mass is 9.82.